The molecule has 4 aromatic rings. The Hall–Kier alpha value is -4.53. The molecule has 36 heavy (non-hydrogen) atoms. The fourth-order valence-electron chi connectivity index (χ4n) is 4.35. The third kappa shape index (κ3) is 4.55. The summed E-state index contributed by atoms with van der Waals surface area (Å²) in [7, 11) is 0. The van der Waals surface area contributed by atoms with Crippen molar-refractivity contribution in [2.45, 2.75) is 18.8 Å². The van der Waals surface area contributed by atoms with E-state index in [0.717, 1.165) is 18.4 Å². The van der Waals surface area contributed by atoms with Crippen molar-refractivity contribution in [2.75, 3.05) is 25.2 Å². The van der Waals surface area contributed by atoms with Crippen LogP contribution < -0.4 is 19.5 Å². The van der Waals surface area contributed by atoms with Crippen molar-refractivity contribution in [3.63, 3.8) is 0 Å². The summed E-state index contributed by atoms with van der Waals surface area (Å²) in [6.07, 6.45) is 1.47. The number of carbonyl (C=O) groups excluding carboxylic acids is 1. The van der Waals surface area contributed by atoms with Crippen molar-refractivity contribution in [3.05, 3.63) is 78.7 Å². The van der Waals surface area contributed by atoms with Gasteiger partial charge in [-0.3, -0.25) is 0 Å². The second kappa shape index (κ2) is 9.61. The normalized spacial score (nSPS) is 15.1. The second-order valence-corrected chi connectivity index (χ2v) is 8.63. The summed E-state index contributed by atoms with van der Waals surface area (Å²) >= 11 is 0. The van der Waals surface area contributed by atoms with E-state index < -0.39 is 0 Å². The van der Waals surface area contributed by atoms with E-state index in [4.69, 9.17) is 18.7 Å². The van der Waals surface area contributed by atoms with Crippen molar-refractivity contribution < 1.29 is 23.5 Å². The van der Waals surface area contributed by atoms with Crippen molar-refractivity contribution in [1.82, 2.24) is 15.0 Å². The molecule has 1 saturated heterocycles. The first-order valence-electron chi connectivity index (χ1n) is 11.8. The number of para-hydroxylation sites is 3. The molecule has 0 unspecified atom stereocenters. The predicted octanol–water partition coefficient (Wildman–Crippen LogP) is 5.67. The Morgan fingerprint density at radius 1 is 0.944 bits per heavy atom. The van der Waals surface area contributed by atoms with E-state index in [1.54, 1.807) is 4.90 Å². The zero-order valence-electron chi connectivity index (χ0n) is 19.4. The quantitative estimate of drug-likeness (QED) is 0.390. The highest BCUT2D eigenvalue weighted by atomic mass is 16.7. The number of rotatable bonds is 5. The fraction of sp³-hybridized carbons (Fsp3) is 0.222. The van der Waals surface area contributed by atoms with Crippen molar-refractivity contribution in [2.24, 2.45) is 0 Å². The number of piperidine rings is 1. The lowest BCUT2D eigenvalue weighted by Crippen LogP contribution is -2.40. The first-order chi connectivity index (χ1) is 17.7. The van der Waals surface area contributed by atoms with E-state index in [2.05, 4.69) is 15.5 Å². The summed E-state index contributed by atoms with van der Waals surface area (Å²) in [5.41, 5.74) is 1.43. The van der Waals surface area contributed by atoms with Gasteiger partial charge in [-0.15, -0.1) is 0 Å². The SMILES string of the molecule is O=C(Nc1ccccc1Oc1ccccc1)N1CCC(c2nc(-c3ccc4c(c3)OCO4)no2)CC1. The molecule has 0 aliphatic carbocycles. The molecule has 2 amide bonds. The van der Waals surface area contributed by atoms with E-state index in [9.17, 15) is 4.79 Å². The molecule has 3 heterocycles. The van der Waals surface area contributed by atoms with Crippen LogP contribution in [0.4, 0.5) is 10.5 Å². The number of anilines is 1. The number of nitrogens with one attached hydrogen (secondary N) is 1. The highest BCUT2D eigenvalue weighted by Gasteiger charge is 2.28. The van der Waals surface area contributed by atoms with Crippen LogP contribution in [0.15, 0.2) is 77.3 Å². The lowest BCUT2D eigenvalue weighted by Gasteiger charge is -2.30. The van der Waals surface area contributed by atoms with Gasteiger partial charge in [0.05, 0.1) is 5.69 Å². The molecule has 1 aromatic heterocycles. The number of hydrogen-bond donors (Lipinski definition) is 1. The summed E-state index contributed by atoms with van der Waals surface area (Å²) in [4.78, 5) is 19.4. The monoisotopic (exact) mass is 484 g/mol. The third-order valence-electron chi connectivity index (χ3n) is 6.30. The molecule has 9 nitrogen and oxygen atoms in total. The molecule has 0 saturated carbocycles. The van der Waals surface area contributed by atoms with Crippen LogP contribution in [0.2, 0.25) is 0 Å². The van der Waals surface area contributed by atoms with Gasteiger partial charge in [0.15, 0.2) is 17.2 Å². The van der Waals surface area contributed by atoms with E-state index >= 15 is 0 Å². The summed E-state index contributed by atoms with van der Waals surface area (Å²) in [5, 5.41) is 7.14. The van der Waals surface area contributed by atoms with E-state index in [-0.39, 0.29) is 18.7 Å². The Bertz CT molecular complexity index is 1370. The van der Waals surface area contributed by atoms with Gasteiger partial charge in [-0.25, -0.2) is 4.79 Å². The summed E-state index contributed by atoms with van der Waals surface area (Å²) in [6, 6.07) is 22.3. The average molecular weight is 485 g/mol. The minimum atomic E-state index is -0.163. The maximum absolute atomic E-state index is 13.0. The smallest absolute Gasteiger partial charge is 0.321 e. The van der Waals surface area contributed by atoms with Gasteiger partial charge in [0, 0.05) is 24.6 Å². The Morgan fingerprint density at radius 2 is 1.72 bits per heavy atom. The van der Waals surface area contributed by atoms with Crippen LogP contribution in [-0.4, -0.2) is 41.0 Å². The molecule has 2 aliphatic rings. The molecule has 182 valence electrons. The highest BCUT2D eigenvalue weighted by molar-refractivity contribution is 5.91. The van der Waals surface area contributed by atoms with Crippen LogP contribution in [0, 0.1) is 0 Å². The molecule has 0 atom stereocenters. The van der Waals surface area contributed by atoms with Crippen molar-refractivity contribution in [1.29, 1.82) is 0 Å². The maximum Gasteiger partial charge on any atom is 0.321 e. The number of amides is 2. The number of urea groups is 1. The zero-order valence-corrected chi connectivity index (χ0v) is 19.4. The summed E-state index contributed by atoms with van der Waals surface area (Å²) in [5.74, 6) is 3.88. The van der Waals surface area contributed by atoms with Gasteiger partial charge < -0.3 is 29.0 Å². The van der Waals surface area contributed by atoms with Gasteiger partial charge >= 0.3 is 6.03 Å². The molecule has 0 bridgehead atoms. The molecule has 6 rings (SSSR count). The summed E-state index contributed by atoms with van der Waals surface area (Å²) in [6.45, 7) is 1.38. The van der Waals surface area contributed by atoms with E-state index in [1.165, 1.54) is 0 Å². The number of ether oxygens (including phenoxy) is 3. The average Bonchev–Trinajstić information content (AvgIpc) is 3.60. The van der Waals surface area contributed by atoms with Crippen LogP contribution in [0.25, 0.3) is 11.4 Å². The number of hydrogen-bond acceptors (Lipinski definition) is 7. The largest absolute Gasteiger partial charge is 0.455 e. The minimum Gasteiger partial charge on any atom is -0.455 e. The first-order valence-corrected chi connectivity index (χ1v) is 11.8. The van der Waals surface area contributed by atoms with Gasteiger partial charge in [-0.1, -0.05) is 35.5 Å². The van der Waals surface area contributed by atoms with Crippen LogP contribution >= 0.6 is 0 Å². The molecule has 2 aliphatic heterocycles. The molecular weight excluding hydrogens is 460 g/mol. The van der Waals surface area contributed by atoms with Crippen LogP contribution in [0.1, 0.15) is 24.7 Å². The molecule has 0 spiro atoms. The third-order valence-corrected chi connectivity index (χ3v) is 6.30. The van der Waals surface area contributed by atoms with Crippen molar-refractivity contribution in [3.8, 4) is 34.4 Å². The fourth-order valence-corrected chi connectivity index (χ4v) is 4.35. The Morgan fingerprint density at radius 3 is 2.58 bits per heavy atom. The number of carbonyl (C=O) groups is 1. The molecule has 1 fully saturated rings. The Labute approximate surface area is 207 Å². The predicted molar refractivity (Wildman–Crippen MR) is 131 cm³/mol. The molecule has 3 aromatic carbocycles. The van der Waals surface area contributed by atoms with E-state index in [0.29, 0.717) is 53.5 Å². The number of nitrogens with zero attached hydrogens (tertiary/aromatic N) is 3. The van der Waals surface area contributed by atoms with Crippen LogP contribution in [-0.2, 0) is 0 Å². The van der Waals surface area contributed by atoms with Gasteiger partial charge in [0.1, 0.15) is 5.75 Å². The van der Waals surface area contributed by atoms with E-state index in [1.807, 2.05) is 72.8 Å². The lowest BCUT2D eigenvalue weighted by molar-refractivity contribution is 0.174. The topological polar surface area (TPSA) is 99.0 Å². The number of likely N-dealkylation sites (tertiary alicyclic amines) is 1. The highest BCUT2D eigenvalue weighted by Crippen LogP contribution is 2.36. The molecule has 0 radical (unpaired) electrons. The van der Waals surface area contributed by atoms with Crippen LogP contribution in [0.5, 0.6) is 23.0 Å². The van der Waals surface area contributed by atoms with Crippen molar-refractivity contribution >= 4 is 11.7 Å². The van der Waals surface area contributed by atoms with Gasteiger partial charge in [0.25, 0.3) is 0 Å². The molecule has 9 heteroatoms. The lowest BCUT2D eigenvalue weighted by atomic mass is 9.97. The van der Waals surface area contributed by atoms with Crippen LogP contribution in [0.3, 0.4) is 0 Å². The van der Waals surface area contributed by atoms with Gasteiger partial charge in [-0.2, -0.15) is 4.98 Å². The van der Waals surface area contributed by atoms with Gasteiger partial charge in [0.2, 0.25) is 18.5 Å². The molecule has 1 N–H and O–H groups in total. The number of benzene rings is 3. The minimum absolute atomic E-state index is 0.0954. The Kier molecular flexibility index (Phi) is 5.87. The first kappa shape index (κ1) is 22.0. The maximum atomic E-state index is 13.0. The number of fused-ring (bicyclic) bond motifs is 1. The second-order valence-electron chi connectivity index (χ2n) is 8.63. The standard InChI is InChI=1S/C27H24N4O5/c32-27(28-21-8-4-5-9-22(21)35-20-6-2-1-3-7-20)31-14-12-18(13-15-31)26-29-25(30-36-26)19-10-11-23-24(16-19)34-17-33-23/h1-11,16,18H,12-15,17H2,(H,28,32). The summed E-state index contributed by atoms with van der Waals surface area (Å²) < 4.78 is 22.3. The Balaban J connectivity index is 1.07. The molecular formula is C27H24N4O5. The number of aromatic nitrogens is 2. The zero-order chi connectivity index (χ0) is 24.3. The van der Waals surface area contributed by atoms with Gasteiger partial charge in [-0.05, 0) is 55.3 Å².